The molecule has 0 aromatic heterocycles. The van der Waals surface area contributed by atoms with Crippen molar-refractivity contribution < 1.29 is 18.1 Å². The summed E-state index contributed by atoms with van der Waals surface area (Å²) in [5.74, 6) is -0.375. The molecule has 3 nitrogen and oxygen atoms in total. The van der Waals surface area contributed by atoms with Crippen LogP contribution in [0.5, 0.6) is 0 Å². The summed E-state index contributed by atoms with van der Waals surface area (Å²) in [6.45, 7) is 8.41. The maximum Gasteiger partial charge on any atom is 0.525 e. The van der Waals surface area contributed by atoms with Gasteiger partial charge in [0.15, 0.2) is 0 Å². The summed E-state index contributed by atoms with van der Waals surface area (Å²) >= 11 is 0. The number of nitrogens with one attached hydrogen (secondary N) is 1. The van der Waals surface area contributed by atoms with Crippen LogP contribution in [0.3, 0.4) is 0 Å². The Kier molecular flexibility index (Phi) is 3.66. The lowest BCUT2D eigenvalue weighted by atomic mass is 9.81. The molecule has 0 bridgehead atoms. The Morgan fingerprint density at radius 3 is 2.41 bits per heavy atom. The van der Waals surface area contributed by atoms with E-state index >= 15 is 0 Å². The van der Waals surface area contributed by atoms with E-state index in [2.05, 4.69) is 5.32 Å². The SMILES string of the molecule is CC1(C)OB(C(F)=C2CNCc3ccc(F)cc32)OC1(C)C. The van der Waals surface area contributed by atoms with Crippen LogP contribution < -0.4 is 5.32 Å². The number of halogens is 2. The van der Waals surface area contributed by atoms with Gasteiger partial charge in [0, 0.05) is 18.7 Å². The van der Waals surface area contributed by atoms with Gasteiger partial charge >= 0.3 is 7.12 Å². The fourth-order valence-corrected chi connectivity index (χ4v) is 2.70. The van der Waals surface area contributed by atoms with Gasteiger partial charge in [0.25, 0.3) is 0 Å². The predicted octanol–water partition coefficient (Wildman–Crippen LogP) is 3.24. The molecule has 22 heavy (non-hydrogen) atoms. The predicted molar refractivity (Wildman–Crippen MR) is 82.2 cm³/mol. The van der Waals surface area contributed by atoms with Crippen molar-refractivity contribution in [2.24, 2.45) is 0 Å². The van der Waals surface area contributed by atoms with Gasteiger partial charge in [-0.05, 0) is 51.0 Å². The van der Waals surface area contributed by atoms with Gasteiger partial charge < -0.3 is 14.6 Å². The Hall–Kier alpha value is -1.24. The van der Waals surface area contributed by atoms with Gasteiger partial charge in [-0.1, -0.05) is 6.07 Å². The molecule has 2 aliphatic rings. The number of benzene rings is 1. The van der Waals surface area contributed by atoms with Crippen LogP contribution in [-0.4, -0.2) is 24.9 Å². The van der Waals surface area contributed by atoms with Gasteiger partial charge in [-0.2, -0.15) is 0 Å². The molecule has 2 heterocycles. The maximum absolute atomic E-state index is 15.0. The minimum Gasteiger partial charge on any atom is -0.398 e. The van der Waals surface area contributed by atoms with Crippen LogP contribution in [0.1, 0.15) is 38.8 Å². The maximum atomic E-state index is 15.0. The van der Waals surface area contributed by atoms with E-state index in [1.54, 1.807) is 6.07 Å². The highest BCUT2D eigenvalue weighted by Crippen LogP contribution is 2.40. The van der Waals surface area contributed by atoms with E-state index in [1.165, 1.54) is 12.1 Å². The third-order valence-electron chi connectivity index (χ3n) is 4.76. The van der Waals surface area contributed by atoms with E-state index in [4.69, 9.17) is 9.31 Å². The normalized spacial score (nSPS) is 25.1. The van der Waals surface area contributed by atoms with Gasteiger partial charge in [0.1, 0.15) is 11.5 Å². The molecule has 6 heteroatoms. The lowest BCUT2D eigenvalue weighted by molar-refractivity contribution is 0.00578. The molecular formula is C16H20BF2NO2. The fourth-order valence-electron chi connectivity index (χ4n) is 2.70. The molecule has 0 atom stereocenters. The van der Waals surface area contributed by atoms with Crippen LogP contribution in [0.4, 0.5) is 8.78 Å². The van der Waals surface area contributed by atoms with Crippen LogP contribution >= 0.6 is 0 Å². The van der Waals surface area contributed by atoms with Crippen molar-refractivity contribution >= 4 is 12.7 Å². The highest BCUT2D eigenvalue weighted by molar-refractivity contribution is 6.55. The van der Waals surface area contributed by atoms with Crippen molar-refractivity contribution in [1.29, 1.82) is 0 Å². The molecule has 0 aliphatic carbocycles. The Labute approximate surface area is 129 Å². The lowest BCUT2D eigenvalue weighted by Gasteiger charge is -2.32. The van der Waals surface area contributed by atoms with Crippen molar-refractivity contribution in [1.82, 2.24) is 5.32 Å². The molecule has 118 valence electrons. The Balaban J connectivity index is 2.01. The van der Waals surface area contributed by atoms with Crippen molar-refractivity contribution in [3.05, 3.63) is 40.9 Å². The number of hydrogen-bond acceptors (Lipinski definition) is 3. The van der Waals surface area contributed by atoms with Crippen LogP contribution in [0.25, 0.3) is 5.57 Å². The average molecular weight is 307 g/mol. The second-order valence-electron chi connectivity index (χ2n) is 6.82. The first kappa shape index (κ1) is 15.7. The molecule has 0 saturated carbocycles. The van der Waals surface area contributed by atoms with Crippen LogP contribution in [0.15, 0.2) is 23.9 Å². The van der Waals surface area contributed by atoms with E-state index in [0.717, 1.165) is 5.56 Å². The molecule has 0 spiro atoms. The van der Waals surface area contributed by atoms with Gasteiger partial charge in [0.2, 0.25) is 0 Å². The van der Waals surface area contributed by atoms with E-state index < -0.39 is 24.0 Å². The number of fused-ring (bicyclic) bond motifs is 1. The zero-order valence-electron chi connectivity index (χ0n) is 13.3. The molecule has 3 rings (SSSR count). The largest absolute Gasteiger partial charge is 0.525 e. The number of hydrogen-bond donors (Lipinski definition) is 1. The third-order valence-corrected chi connectivity index (χ3v) is 4.76. The Bertz CT molecular complexity index is 627. The summed E-state index contributed by atoms with van der Waals surface area (Å²) in [6, 6.07) is 4.43. The molecule has 1 aromatic carbocycles. The molecule has 0 unspecified atom stereocenters. The summed E-state index contributed by atoms with van der Waals surface area (Å²) < 4.78 is 40.0. The molecular weight excluding hydrogens is 287 g/mol. The second-order valence-corrected chi connectivity index (χ2v) is 6.82. The first-order valence-corrected chi connectivity index (χ1v) is 7.45. The Morgan fingerprint density at radius 1 is 1.14 bits per heavy atom. The third kappa shape index (κ3) is 2.49. The molecule has 1 N–H and O–H groups in total. The van der Waals surface area contributed by atoms with Gasteiger partial charge in [0.05, 0.1) is 11.2 Å². The standard InChI is InChI=1S/C16H20BF2NO2/c1-15(2)16(3,4)22-17(21-15)14(19)13-9-20-8-10-5-6-11(18)7-12(10)13/h5-7,20H,8-9H2,1-4H3. The zero-order chi connectivity index (χ0) is 16.1. The first-order chi connectivity index (χ1) is 10.2. The molecule has 1 aromatic rings. The summed E-state index contributed by atoms with van der Waals surface area (Å²) in [6.07, 6.45) is 0. The topological polar surface area (TPSA) is 30.5 Å². The molecule has 0 amide bonds. The highest BCUT2D eigenvalue weighted by atomic mass is 19.1. The first-order valence-electron chi connectivity index (χ1n) is 7.45. The minimum atomic E-state index is -1.06. The number of rotatable bonds is 1. The molecule has 2 aliphatic heterocycles. The molecule has 1 saturated heterocycles. The van der Waals surface area contributed by atoms with Crippen LogP contribution in [0, 0.1) is 5.82 Å². The summed E-state index contributed by atoms with van der Waals surface area (Å²) in [4.78, 5) is 0. The summed E-state index contributed by atoms with van der Waals surface area (Å²) in [7, 11) is -1.06. The zero-order valence-corrected chi connectivity index (χ0v) is 13.3. The van der Waals surface area contributed by atoms with Crippen molar-refractivity contribution in [3.8, 4) is 0 Å². The van der Waals surface area contributed by atoms with Crippen LogP contribution in [-0.2, 0) is 15.9 Å². The van der Waals surface area contributed by atoms with E-state index in [-0.39, 0.29) is 5.82 Å². The highest BCUT2D eigenvalue weighted by Gasteiger charge is 2.53. The van der Waals surface area contributed by atoms with Gasteiger partial charge in [-0.15, -0.1) is 0 Å². The van der Waals surface area contributed by atoms with E-state index in [1.807, 2.05) is 27.7 Å². The summed E-state index contributed by atoms with van der Waals surface area (Å²) in [5, 5.41) is 3.12. The molecule has 1 fully saturated rings. The monoisotopic (exact) mass is 307 g/mol. The smallest absolute Gasteiger partial charge is 0.398 e. The quantitative estimate of drug-likeness (QED) is 0.808. The van der Waals surface area contributed by atoms with Crippen molar-refractivity contribution in [3.63, 3.8) is 0 Å². The van der Waals surface area contributed by atoms with Crippen LogP contribution in [0.2, 0.25) is 0 Å². The average Bonchev–Trinajstić information content (AvgIpc) is 2.66. The molecule has 0 radical (unpaired) electrons. The van der Waals surface area contributed by atoms with Crippen molar-refractivity contribution in [2.45, 2.75) is 45.4 Å². The van der Waals surface area contributed by atoms with Gasteiger partial charge in [-0.25, -0.2) is 8.78 Å². The van der Waals surface area contributed by atoms with E-state index in [9.17, 15) is 8.78 Å². The second kappa shape index (κ2) is 5.15. The van der Waals surface area contributed by atoms with Crippen molar-refractivity contribution in [2.75, 3.05) is 6.54 Å². The van der Waals surface area contributed by atoms with E-state index in [0.29, 0.717) is 24.2 Å². The van der Waals surface area contributed by atoms with Gasteiger partial charge in [-0.3, -0.25) is 0 Å². The lowest BCUT2D eigenvalue weighted by Crippen LogP contribution is -2.41. The minimum absolute atomic E-state index is 0.326. The Morgan fingerprint density at radius 2 is 1.77 bits per heavy atom. The summed E-state index contributed by atoms with van der Waals surface area (Å²) in [5.41, 5.74) is 0.155. The fraction of sp³-hybridized carbons (Fsp3) is 0.500.